The Bertz CT molecular complexity index is 1110. The number of aliphatic hydroxyl groups is 1. The highest BCUT2D eigenvalue weighted by molar-refractivity contribution is 5.96. The van der Waals surface area contributed by atoms with Crippen LogP contribution in [-0.2, 0) is 9.47 Å². The number of nitriles is 1. The smallest absolute Gasteiger partial charge is 0.270 e. The summed E-state index contributed by atoms with van der Waals surface area (Å²) in [5.74, 6) is 0.558. The first-order valence-electron chi connectivity index (χ1n) is 10.1. The number of rotatable bonds is 7. The van der Waals surface area contributed by atoms with E-state index < -0.39 is 29.0 Å². The second kappa shape index (κ2) is 9.92. The topological polar surface area (TPSA) is 166 Å². The molecule has 180 valence electrons. The molecule has 0 amide bonds. The van der Waals surface area contributed by atoms with Crippen LogP contribution in [0.25, 0.3) is 0 Å². The number of nitrogens with two attached hydrogens (primary N) is 1. The van der Waals surface area contributed by atoms with Gasteiger partial charge in [0, 0.05) is 37.6 Å². The van der Waals surface area contributed by atoms with Gasteiger partial charge in [-0.15, -0.1) is 4.99 Å². The highest BCUT2D eigenvalue weighted by atomic mass is 16.7. The van der Waals surface area contributed by atoms with Gasteiger partial charge in [0.25, 0.3) is 5.69 Å². The Morgan fingerprint density at radius 3 is 2.47 bits per heavy atom. The zero-order valence-electron chi connectivity index (χ0n) is 19.0. The van der Waals surface area contributed by atoms with Crippen molar-refractivity contribution in [3.8, 4) is 17.7 Å². The Balaban J connectivity index is 2.30. The fraction of sp³-hybridized carbons (Fsp3) is 0.364. The van der Waals surface area contributed by atoms with Crippen LogP contribution in [0.2, 0.25) is 0 Å². The summed E-state index contributed by atoms with van der Waals surface area (Å²) in [6.07, 6.45) is -0.803. The molecule has 1 aliphatic rings. The third kappa shape index (κ3) is 4.32. The number of fused-ring (bicyclic) bond motifs is 1. The molecule has 3 N–H and O–H groups in total. The fourth-order valence-electron chi connectivity index (χ4n) is 4.07. The summed E-state index contributed by atoms with van der Waals surface area (Å²) in [6.45, 7) is 1.58. The lowest BCUT2D eigenvalue weighted by Gasteiger charge is -2.49. The Labute approximate surface area is 195 Å². The van der Waals surface area contributed by atoms with Crippen LogP contribution in [-0.4, -0.2) is 55.3 Å². The Hall–Kier alpha value is -3.92. The van der Waals surface area contributed by atoms with E-state index in [0.717, 1.165) is 0 Å². The summed E-state index contributed by atoms with van der Waals surface area (Å²) in [4.78, 5) is 16.0. The van der Waals surface area contributed by atoms with Crippen LogP contribution in [0.4, 0.5) is 11.4 Å². The van der Waals surface area contributed by atoms with Gasteiger partial charge in [-0.25, -0.2) is 0 Å². The molecule has 2 aromatic rings. The van der Waals surface area contributed by atoms with Gasteiger partial charge in [-0.05, 0) is 37.3 Å². The zero-order valence-corrected chi connectivity index (χ0v) is 19.0. The van der Waals surface area contributed by atoms with Crippen LogP contribution in [0.3, 0.4) is 0 Å². The molecule has 2 aromatic carbocycles. The van der Waals surface area contributed by atoms with E-state index in [1.54, 1.807) is 37.4 Å². The van der Waals surface area contributed by atoms with E-state index in [9.17, 15) is 20.5 Å². The molecule has 0 aliphatic carbocycles. The van der Waals surface area contributed by atoms with Crippen molar-refractivity contribution in [3.63, 3.8) is 0 Å². The SMILES string of the molecule is COc1ccc(N(C(N)=NC#N)[C@@H]2c3cc([N+](=O)[O-])ccc3O[C@](C)(C(OC)OC)[C@H]2O)cc1. The number of nitro benzene ring substituents is 1. The number of nitro groups is 1. The van der Waals surface area contributed by atoms with E-state index in [1.807, 2.05) is 0 Å². The average molecular weight is 471 g/mol. The zero-order chi connectivity index (χ0) is 25.0. The first-order valence-corrected chi connectivity index (χ1v) is 10.1. The molecule has 0 fully saturated rings. The summed E-state index contributed by atoms with van der Waals surface area (Å²) in [7, 11) is 4.29. The molecular formula is C22H25N5O7. The summed E-state index contributed by atoms with van der Waals surface area (Å²) in [5.41, 5.74) is 5.19. The molecule has 34 heavy (non-hydrogen) atoms. The summed E-state index contributed by atoms with van der Waals surface area (Å²) < 4.78 is 22.1. The van der Waals surface area contributed by atoms with Gasteiger partial charge in [0.15, 0.2) is 11.9 Å². The highest BCUT2D eigenvalue weighted by Crippen LogP contribution is 2.47. The number of aliphatic hydroxyl groups excluding tert-OH is 1. The van der Waals surface area contributed by atoms with Crippen LogP contribution >= 0.6 is 0 Å². The number of aliphatic imine (C=N–C) groups is 1. The lowest BCUT2D eigenvalue weighted by atomic mass is 9.83. The highest BCUT2D eigenvalue weighted by Gasteiger charge is 2.54. The number of nitrogens with zero attached hydrogens (tertiary/aromatic N) is 4. The van der Waals surface area contributed by atoms with E-state index in [0.29, 0.717) is 11.4 Å². The van der Waals surface area contributed by atoms with E-state index in [2.05, 4.69) is 4.99 Å². The number of guanidine groups is 1. The molecule has 0 saturated carbocycles. The minimum atomic E-state index is -1.48. The summed E-state index contributed by atoms with van der Waals surface area (Å²) in [6, 6.07) is 9.55. The van der Waals surface area contributed by atoms with Crippen molar-refractivity contribution in [2.45, 2.75) is 31.0 Å². The van der Waals surface area contributed by atoms with Crippen LogP contribution in [0.5, 0.6) is 11.5 Å². The Kier molecular flexibility index (Phi) is 7.21. The van der Waals surface area contributed by atoms with Crippen LogP contribution in [0.15, 0.2) is 47.5 Å². The average Bonchev–Trinajstić information content (AvgIpc) is 2.82. The molecule has 1 aliphatic heterocycles. The van der Waals surface area contributed by atoms with Gasteiger partial charge < -0.3 is 34.7 Å². The molecule has 0 aromatic heterocycles. The molecule has 3 atom stereocenters. The summed E-state index contributed by atoms with van der Waals surface area (Å²) in [5, 5.41) is 32.3. The van der Waals surface area contributed by atoms with Crippen molar-refractivity contribution in [1.82, 2.24) is 0 Å². The van der Waals surface area contributed by atoms with E-state index >= 15 is 0 Å². The number of methoxy groups -OCH3 is 3. The lowest BCUT2D eigenvalue weighted by molar-refractivity contribution is -0.385. The second-order valence-electron chi connectivity index (χ2n) is 7.60. The predicted octanol–water partition coefficient (Wildman–Crippen LogP) is 2.08. The minimum Gasteiger partial charge on any atom is -0.497 e. The van der Waals surface area contributed by atoms with Gasteiger partial charge in [-0.3, -0.25) is 10.1 Å². The van der Waals surface area contributed by atoms with E-state index in [-0.39, 0.29) is 23.0 Å². The first kappa shape index (κ1) is 24.7. The predicted molar refractivity (Wildman–Crippen MR) is 121 cm³/mol. The van der Waals surface area contributed by atoms with Crippen LogP contribution in [0, 0.1) is 21.6 Å². The molecule has 12 heteroatoms. The molecular weight excluding hydrogens is 446 g/mol. The third-order valence-electron chi connectivity index (χ3n) is 5.68. The second-order valence-corrected chi connectivity index (χ2v) is 7.60. The Morgan fingerprint density at radius 1 is 1.29 bits per heavy atom. The molecule has 0 bridgehead atoms. The van der Waals surface area contributed by atoms with E-state index in [1.165, 1.54) is 44.4 Å². The van der Waals surface area contributed by atoms with Gasteiger partial charge in [0.2, 0.25) is 12.2 Å². The van der Waals surface area contributed by atoms with Crippen molar-refractivity contribution >= 4 is 17.3 Å². The van der Waals surface area contributed by atoms with Crippen molar-refractivity contribution in [2.24, 2.45) is 10.7 Å². The maximum Gasteiger partial charge on any atom is 0.270 e. The van der Waals surface area contributed by atoms with E-state index in [4.69, 9.17) is 24.7 Å². The van der Waals surface area contributed by atoms with Crippen molar-refractivity contribution in [1.29, 1.82) is 5.26 Å². The van der Waals surface area contributed by atoms with Crippen molar-refractivity contribution < 1.29 is 29.0 Å². The standard InChI is InChI=1S/C22H25N5O7/c1-22(20(32-3)33-4)19(28)18(16-11-14(27(29)30)7-10-17(16)34-22)26(21(24)25-12-23)13-5-8-15(31-2)9-6-13/h5-11,18-20,28H,1-4H3,(H2,24,25)/t18-,19+,22+/m1/s1. The molecule has 3 rings (SSSR count). The Morgan fingerprint density at radius 2 is 1.94 bits per heavy atom. The first-order chi connectivity index (χ1) is 16.2. The largest absolute Gasteiger partial charge is 0.497 e. The number of benzene rings is 2. The maximum atomic E-state index is 11.6. The van der Waals surface area contributed by atoms with Gasteiger partial charge in [0.05, 0.1) is 18.1 Å². The fourth-order valence-corrected chi connectivity index (χ4v) is 4.07. The molecule has 12 nitrogen and oxygen atoms in total. The third-order valence-corrected chi connectivity index (χ3v) is 5.68. The maximum absolute atomic E-state index is 11.6. The van der Waals surface area contributed by atoms with Gasteiger partial charge in [-0.1, -0.05) is 0 Å². The molecule has 0 saturated heterocycles. The van der Waals surface area contributed by atoms with Crippen LogP contribution < -0.4 is 20.1 Å². The van der Waals surface area contributed by atoms with Crippen molar-refractivity contribution in [3.05, 3.63) is 58.1 Å². The van der Waals surface area contributed by atoms with Gasteiger partial charge >= 0.3 is 0 Å². The minimum absolute atomic E-state index is 0.219. The summed E-state index contributed by atoms with van der Waals surface area (Å²) >= 11 is 0. The number of anilines is 1. The quantitative estimate of drug-likeness (QED) is 0.152. The van der Waals surface area contributed by atoms with Gasteiger partial charge in [-0.2, -0.15) is 5.26 Å². The van der Waals surface area contributed by atoms with Crippen molar-refractivity contribution in [2.75, 3.05) is 26.2 Å². The monoisotopic (exact) mass is 471 g/mol. The number of hydrogen-bond acceptors (Lipinski definition) is 9. The molecule has 1 heterocycles. The van der Waals surface area contributed by atoms with Crippen LogP contribution in [0.1, 0.15) is 18.5 Å². The van der Waals surface area contributed by atoms with Gasteiger partial charge in [0.1, 0.15) is 17.6 Å². The number of ether oxygens (including phenoxy) is 4. The number of hydrogen-bond donors (Lipinski definition) is 2. The molecule has 0 spiro atoms. The number of non-ortho nitro benzene ring substituents is 1. The molecule has 0 unspecified atom stereocenters. The normalized spacial score (nSPS) is 21.9. The lowest BCUT2D eigenvalue weighted by Crippen LogP contribution is -2.63. The molecule has 0 radical (unpaired) electrons.